The predicted octanol–water partition coefficient (Wildman–Crippen LogP) is 2.54. The summed E-state index contributed by atoms with van der Waals surface area (Å²) in [5.41, 5.74) is 0.823. The van der Waals surface area contributed by atoms with Gasteiger partial charge in [-0.1, -0.05) is 23.4 Å². The Balaban J connectivity index is 1.51. The molecule has 1 amide bonds. The molecule has 0 aliphatic rings. The summed E-state index contributed by atoms with van der Waals surface area (Å²) in [5.74, 6) is 0.892. The average molecular weight is 400 g/mol. The molecule has 0 fully saturated rings. The van der Waals surface area contributed by atoms with Gasteiger partial charge in [-0.25, -0.2) is 8.42 Å². The summed E-state index contributed by atoms with van der Waals surface area (Å²) in [6.07, 6.45) is 1.25. The molecular weight excluding hydrogens is 380 g/mol. The molecule has 3 rings (SSSR count). The topological polar surface area (TPSA) is 114 Å². The second kappa shape index (κ2) is 8.66. The van der Waals surface area contributed by atoms with E-state index in [9.17, 15) is 13.2 Å². The van der Waals surface area contributed by atoms with Gasteiger partial charge in [0.15, 0.2) is 5.82 Å². The van der Waals surface area contributed by atoms with Crippen LogP contribution in [0.4, 0.5) is 5.69 Å². The molecule has 2 aromatic carbocycles. The zero-order chi connectivity index (χ0) is 20.0. The summed E-state index contributed by atoms with van der Waals surface area (Å²) >= 11 is 0. The van der Waals surface area contributed by atoms with Crippen LogP contribution in [-0.2, 0) is 16.4 Å². The van der Waals surface area contributed by atoms with E-state index in [4.69, 9.17) is 4.52 Å². The summed E-state index contributed by atoms with van der Waals surface area (Å²) in [4.78, 5) is 16.5. The van der Waals surface area contributed by atoms with Crippen molar-refractivity contribution in [3.05, 3.63) is 71.9 Å². The maximum absolute atomic E-state index is 12.3. The molecule has 28 heavy (non-hydrogen) atoms. The molecule has 0 spiro atoms. The molecule has 8 nitrogen and oxygen atoms in total. The molecular formula is C19H20N4O4S. The minimum absolute atomic E-state index is 0.174. The Morgan fingerprint density at radius 1 is 1.07 bits per heavy atom. The molecule has 3 aromatic rings. The smallest absolute Gasteiger partial charge is 0.261 e. The summed E-state index contributed by atoms with van der Waals surface area (Å²) < 4.78 is 32.1. The van der Waals surface area contributed by atoms with Gasteiger partial charge < -0.3 is 9.84 Å². The van der Waals surface area contributed by atoms with Crippen molar-refractivity contribution in [2.75, 3.05) is 11.3 Å². The lowest BCUT2D eigenvalue weighted by Crippen LogP contribution is -2.24. The van der Waals surface area contributed by atoms with Gasteiger partial charge in [-0.15, -0.1) is 0 Å². The van der Waals surface area contributed by atoms with Gasteiger partial charge in [0.05, 0.1) is 4.90 Å². The van der Waals surface area contributed by atoms with Gasteiger partial charge in [0.1, 0.15) is 0 Å². The minimum Gasteiger partial charge on any atom is -0.352 e. The molecule has 9 heteroatoms. The molecule has 1 heterocycles. The van der Waals surface area contributed by atoms with Gasteiger partial charge >= 0.3 is 0 Å². The standard InChI is InChI=1S/C19H20N4O4S/c1-14-21-18(27-22-14)8-5-13-20-19(24)15-9-11-16(12-10-15)23-28(25,26)17-6-3-2-4-7-17/h2-4,6-7,9-12,23H,5,8,13H2,1H3,(H,20,24). The first-order chi connectivity index (χ1) is 13.4. The molecule has 0 atom stereocenters. The molecule has 0 unspecified atom stereocenters. The van der Waals surface area contributed by atoms with Crippen LogP contribution in [0.15, 0.2) is 64.0 Å². The summed E-state index contributed by atoms with van der Waals surface area (Å²) in [5, 5.41) is 6.51. The van der Waals surface area contributed by atoms with E-state index in [-0.39, 0.29) is 10.8 Å². The first-order valence-corrected chi connectivity index (χ1v) is 10.2. The fourth-order valence-corrected chi connectivity index (χ4v) is 3.57. The van der Waals surface area contributed by atoms with Crippen molar-refractivity contribution in [2.45, 2.75) is 24.7 Å². The molecule has 0 radical (unpaired) electrons. The van der Waals surface area contributed by atoms with Crippen molar-refractivity contribution in [3.63, 3.8) is 0 Å². The number of anilines is 1. The zero-order valence-electron chi connectivity index (χ0n) is 15.3. The molecule has 0 saturated carbocycles. The van der Waals surface area contributed by atoms with Crippen molar-refractivity contribution >= 4 is 21.6 Å². The molecule has 0 aliphatic heterocycles. The fourth-order valence-electron chi connectivity index (χ4n) is 2.49. The van der Waals surface area contributed by atoms with Gasteiger partial charge in [-0.05, 0) is 49.7 Å². The Labute approximate surface area is 163 Å². The Hall–Kier alpha value is -3.20. The quantitative estimate of drug-likeness (QED) is 0.562. The van der Waals surface area contributed by atoms with Crippen LogP contribution in [-0.4, -0.2) is 31.0 Å². The third-order valence-electron chi connectivity index (χ3n) is 3.88. The Morgan fingerprint density at radius 3 is 2.43 bits per heavy atom. The van der Waals surface area contributed by atoms with E-state index in [0.717, 1.165) is 0 Å². The van der Waals surface area contributed by atoms with Crippen LogP contribution in [0.25, 0.3) is 0 Å². The first-order valence-electron chi connectivity index (χ1n) is 8.69. The van der Waals surface area contributed by atoms with Gasteiger partial charge in [-0.2, -0.15) is 4.98 Å². The van der Waals surface area contributed by atoms with E-state index in [0.29, 0.717) is 42.4 Å². The fraction of sp³-hybridized carbons (Fsp3) is 0.211. The van der Waals surface area contributed by atoms with Crippen molar-refractivity contribution in [1.29, 1.82) is 0 Å². The number of hydrogen-bond donors (Lipinski definition) is 2. The highest BCUT2D eigenvalue weighted by Crippen LogP contribution is 2.16. The summed E-state index contributed by atoms with van der Waals surface area (Å²) in [6, 6.07) is 14.3. The maximum atomic E-state index is 12.3. The number of hydrogen-bond acceptors (Lipinski definition) is 6. The number of amides is 1. The molecule has 2 N–H and O–H groups in total. The highest BCUT2D eigenvalue weighted by atomic mass is 32.2. The second-order valence-corrected chi connectivity index (χ2v) is 7.77. The normalized spacial score (nSPS) is 11.2. The van der Waals surface area contributed by atoms with Crippen LogP contribution < -0.4 is 10.0 Å². The van der Waals surface area contributed by atoms with Gasteiger partial charge in [0.2, 0.25) is 5.89 Å². The number of benzene rings is 2. The molecule has 1 aromatic heterocycles. The number of aryl methyl sites for hydroxylation is 2. The van der Waals surface area contributed by atoms with Crippen LogP contribution in [0.2, 0.25) is 0 Å². The van der Waals surface area contributed by atoms with Crippen LogP contribution in [0.3, 0.4) is 0 Å². The Kier molecular flexibility index (Phi) is 6.05. The van der Waals surface area contributed by atoms with Crippen molar-refractivity contribution < 1.29 is 17.7 Å². The zero-order valence-corrected chi connectivity index (χ0v) is 16.1. The van der Waals surface area contributed by atoms with Gasteiger partial charge in [-0.3, -0.25) is 9.52 Å². The monoisotopic (exact) mass is 400 g/mol. The average Bonchev–Trinajstić information content (AvgIpc) is 3.11. The summed E-state index contributed by atoms with van der Waals surface area (Å²) in [7, 11) is -3.66. The van der Waals surface area contributed by atoms with Gasteiger partial charge in [0.25, 0.3) is 15.9 Å². The Bertz CT molecular complexity index is 1030. The molecule has 0 bridgehead atoms. The van der Waals surface area contributed by atoms with Crippen LogP contribution in [0.5, 0.6) is 0 Å². The number of carbonyl (C=O) groups is 1. The van der Waals surface area contributed by atoms with Crippen molar-refractivity contribution in [1.82, 2.24) is 15.5 Å². The number of carbonyl (C=O) groups excluding carboxylic acids is 1. The van der Waals surface area contributed by atoms with E-state index in [1.165, 1.54) is 12.1 Å². The van der Waals surface area contributed by atoms with Crippen LogP contribution in [0.1, 0.15) is 28.5 Å². The second-order valence-electron chi connectivity index (χ2n) is 6.09. The highest BCUT2D eigenvalue weighted by molar-refractivity contribution is 7.92. The molecule has 0 saturated heterocycles. The van der Waals surface area contributed by atoms with E-state index < -0.39 is 10.0 Å². The van der Waals surface area contributed by atoms with Gasteiger partial charge in [0, 0.05) is 24.2 Å². The lowest BCUT2D eigenvalue weighted by Gasteiger charge is -2.09. The SMILES string of the molecule is Cc1noc(CCCNC(=O)c2ccc(NS(=O)(=O)c3ccccc3)cc2)n1. The van der Waals surface area contributed by atoms with Crippen LogP contribution in [0, 0.1) is 6.92 Å². The number of nitrogens with one attached hydrogen (secondary N) is 2. The molecule has 146 valence electrons. The Morgan fingerprint density at radius 2 is 1.79 bits per heavy atom. The van der Waals surface area contributed by atoms with E-state index in [2.05, 4.69) is 20.2 Å². The third-order valence-corrected chi connectivity index (χ3v) is 5.27. The lowest BCUT2D eigenvalue weighted by molar-refractivity contribution is 0.0953. The van der Waals surface area contributed by atoms with Crippen molar-refractivity contribution in [3.8, 4) is 0 Å². The maximum Gasteiger partial charge on any atom is 0.261 e. The molecule has 0 aliphatic carbocycles. The minimum atomic E-state index is -3.66. The number of nitrogens with zero attached hydrogens (tertiary/aromatic N) is 2. The van der Waals surface area contributed by atoms with Crippen molar-refractivity contribution in [2.24, 2.45) is 0 Å². The lowest BCUT2D eigenvalue weighted by atomic mass is 10.2. The number of sulfonamides is 1. The number of aromatic nitrogens is 2. The van der Waals surface area contributed by atoms with E-state index in [1.807, 2.05) is 0 Å². The third kappa shape index (κ3) is 5.17. The first kappa shape index (κ1) is 19.6. The summed E-state index contributed by atoms with van der Waals surface area (Å²) in [6.45, 7) is 2.21. The highest BCUT2D eigenvalue weighted by Gasteiger charge is 2.14. The van der Waals surface area contributed by atoms with Crippen LogP contribution >= 0.6 is 0 Å². The van der Waals surface area contributed by atoms with E-state index in [1.54, 1.807) is 49.4 Å². The van der Waals surface area contributed by atoms with E-state index >= 15 is 0 Å². The largest absolute Gasteiger partial charge is 0.352 e. The predicted molar refractivity (Wildman–Crippen MR) is 103 cm³/mol. The number of rotatable bonds is 8.